The van der Waals surface area contributed by atoms with Gasteiger partial charge in [0.15, 0.2) is 0 Å². The van der Waals surface area contributed by atoms with Crippen LogP contribution in [0.1, 0.15) is 15.9 Å². The van der Waals surface area contributed by atoms with E-state index in [9.17, 15) is 4.79 Å². The van der Waals surface area contributed by atoms with Crippen molar-refractivity contribution in [3.8, 4) is 11.1 Å². The zero-order valence-electron chi connectivity index (χ0n) is 11.0. The molecule has 3 heteroatoms. The van der Waals surface area contributed by atoms with E-state index < -0.39 is 5.97 Å². The van der Waals surface area contributed by atoms with Crippen molar-refractivity contribution in [2.75, 3.05) is 0 Å². The lowest BCUT2D eigenvalue weighted by Gasteiger charge is -2.10. The van der Waals surface area contributed by atoms with Crippen molar-refractivity contribution in [3.05, 3.63) is 65.9 Å². The zero-order valence-corrected chi connectivity index (χ0v) is 11.0. The van der Waals surface area contributed by atoms with Gasteiger partial charge in [0.25, 0.3) is 0 Å². The summed E-state index contributed by atoms with van der Waals surface area (Å²) in [4.78, 5) is 15.4. The van der Waals surface area contributed by atoms with Crippen LogP contribution in [0.4, 0.5) is 0 Å². The second kappa shape index (κ2) is 4.78. The molecule has 1 aromatic heterocycles. The minimum Gasteiger partial charge on any atom is -0.478 e. The summed E-state index contributed by atoms with van der Waals surface area (Å²) in [5, 5.41) is 10.1. The highest BCUT2D eigenvalue weighted by Crippen LogP contribution is 2.30. The molecular weight excluding hydrogens is 250 g/mol. The molecule has 1 heterocycles. The molecule has 20 heavy (non-hydrogen) atoms. The van der Waals surface area contributed by atoms with Gasteiger partial charge in [-0.25, -0.2) is 4.79 Å². The largest absolute Gasteiger partial charge is 0.478 e. The molecule has 3 rings (SSSR count). The number of aryl methyl sites for hydroxylation is 1. The number of benzene rings is 2. The molecule has 0 radical (unpaired) electrons. The summed E-state index contributed by atoms with van der Waals surface area (Å²) in [6.07, 6.45) is 1.77. The number of pyridine rings is 1. The van der Waals surface area contributed by atoms with Gasteiger partial charge in [0.05, 0.1) is 11.1 Å². The van der Waals surface area contributed by atoms with Gasteiger partial charge in [-0.05, 0) is 47.9 Å². The Kier molecular flexibility index (Phi) is 2.95. The topological polar surface area (TPSA) is 50.2 Å². The molecule has 2 aromatic carbocycles. The molecule has 98 valence electrons. The van der Waals surface area contributed by atoms with Crippen LogP contribution in [-0.2, 0) is 0 Å². The third-order valence-electron chi connectivity index (χ3n) is 3.41. The first kappa shape index (κ1) is 12.4. The first-order chi connectivity index (χ1) is 9.66. The van der Waals surface area contributed by atoms with Crippen molar-refractivity contribution < 1.29 is 9.90 Å². The molecule has 0 aliphatic rings. The average molecular weight is 263 g/mol. The van der Waals surface area contributed by atoms with Gasteiger partial charge in [0.1, 0.15) is 0 Å². The molecule has 0 unspecified atom stereocenters. The molecule has 0 aliphatic heterocycles. The normalized spacial score (nSPS) is 10.7. The highest BCUT2D eigenvalue weighted by molar-refractivity contribution is 5.96. The molecule has 0 saturated carbocycles. The predicted octanol–water partition coefficient (Wildman–Crippen LogP) is 3.91. The minimum atomic E-state index is -0.903. The highest BCUT2D eigenvalue weighted by Gasteiger charge is 2.09. The molecule has 0 atom stereocenters. The van der Waals surface area contributed by atoms with Gasteiger partial charge in [0.2, 0.25) is 0 Å². The van der Waals surface area contributed by atoms with E-state index >= 15 is 0 Å². The molecule has 3 nitrogen and oxygen atoms in total. The van der Waals surface area contributed by atoms with Crippen molar-refractivity contribution >= 4 is 16.9 Å². The van der Waals surface area contributed by atoms with Gasteiger partial charge in [-0.1, -0.05) is 24.3 Å². The third-order valence-corrected chi connectivity index (χ3v) is 3.41. The third kappa shape index (κ3) is 2.03. The van der Waals surface area contributed by atoms with Crippen molar-refractivity contribution in [3.63, 3.8) is 0 Å². The van der Waals surface area contributed by atoms with Crippen LogP contribution in [0.5, 0.6) is 0 Å². The second-order valence-corrected chi connectivity index (χ2v) is 4.71. The molecule has 3 aromatic rings. The SMILES string of the molecule is Cc1cc(C(=O)O)ccc1-c1cccc2ncccc12. The van der Waals surface area contributed by atoms with Crippen LogP contribution in [-0.4, -0.2) is 16.1 Å². The van der Waals surface area contributed by atoms with Crippen LogP contribution in [0.3, 0.4) is 0 Å². The van der Waals surface area contributed by atoms with E-state index in [0.29, 0.717) is 5.56 Å². The van der Waals surface area contributed by atoms with E-state index in [0.717, 1.165) is 27.6 Å². The molecular formula is C17H13NO2. The van der Waals surface area contributed by atoms with Gasteiger partial charge in [0, 0.05) is 11.6 Å². The second-order valence-electron chi connectivity index (χ2n) is 4.71. The van der Waals surface area contributed by atoms with Crippen molar-refractivity contribution in [2.45, 2.75) is 6.92 Å². The van der Waals surface area contributed by atoms with Gasteiger partial charge < -0.3 is 5.11 Å². The molecule has 0 aliphatic carbocycles. The molecule has 0 spiro atoms. The first-order valence-electron chi connectivity index (χ1n) is 6.35. The number of carbonyl (C=O) groups is 1. The molecule has 0 saturated heterocycles. The van der Waals surface area contributed by atoms with Gasteiger partial charge in [-0.15, -0.1) is 0 Å². The maximum atomic E-state index is 11.0. The fourth-order valence-corrected chi connectivity index (χ4v) is 2.44. The number of hydrogen-bond donors (Lipinski definition) is 1. The Morgan fingerprint density at radius 2 is 1.90 bits per heavy atom. The van der Waals surface area contributed by atoms with Crippen LogP contribution in [0.2, 0.25) is 0 Å². The molecule has 0 bridgehead atoms. The first-order valence-corrected chi connectivity index (χ1v) is 6.35. The average Bonchev–Trinajstić information content (AvgIpc) is 2.46. The Morgan fingerprint density at radius 1 is 1.05 bits per heavy atom. The summed E-state index contributed by atoms with van der Waals surface area (Å²) in [6.45, 7) is 1.93. The Balaban J connectivity index is 2.23. The standard InChI is InChI=1S/C17H13NO2/c1-11-10-12(17(19)20)7-8-13(11)14-4-2-6-16-15(14)5-3-9-18-16/h2-10H,1H3,(H,19,20). The Hall–Kier alpha value is -2.68. The fourth-order valence-electron chi connectivity index (χ4n) is 2.44. The van der Waals surface area contributed by atoms with Gasteiger partial charge >= 0.3 is 5.97 Å². The monoisotopic (exact) mass is 263 g/mol. The summed E-state index contributed by atoms with van der Waals surface area (Å²) in [5.41, 5.74) is 4.30. The Labute approximate surface area is 116 Å². The highest BCUT2D eigenvalue weighted by atomic mass is 16.4. The summed E-state index contributed by atoms with van der Waals surface area (Å²) in [7, 11) is 0. The molecule has 0 amide bonds. The van der Waals surface area contributed by atoms with Gasteiger partial charge in [-0.2, -0.15) is 0 Å². The summed E-state index contributed by atoms with van der Waals surface area (Å²) < 4.78 is 0. The van der Waals surface area contributed by atoms with Crippen LogP contribution in [0.25, 0.3) is 22.0 Å². The predicted molar refractivity (Wildman–Crippen MR) is 78.9 cm³/mol. The number of carboxylic acids is 1. The molecule has 1 N–H and O–H groups in total. The van der Waals surface area contributed by atoms with E-state index in [1.807, 2.05) is 43.3 Å². The maximum absolute atomic E-state index is 11.0. The number of aromatic nitrogens is 1. The number of hydrogen-bond acceptors (Lipinski definition) is 2. The van der Waals surface area contributed by atoms with E-state index in [4.69, 9.17) is 5.11 Å². The quantitative estimate of drug-likeness (QED) is 0.762. The van der Waals surface area contributed by atoms with Crippen LogP contribution < -0.4 is 0 Å². The Morgan fingerprint density at radius 3 is 2.65 bits per heavy atom. The number of carboxylic acid groups (broad SMARTS) is 1. The fraction of sp³-hybridized carbons (Fsp3) is 0.0588. The minimum absolute atomic E-state index is 0.310. The number of fused-ring (bicyclic) bond motifs is 1. The van der Waals surface area contributed by atoms with Crippen molar-refractivity contribution in [2.24, 2.45) is 0 Å². The van der Waals surface area contributed by atoms with Crippen molar-refractivity contribution in [1.82, 2.24) is 4.98 Å². The summed E-state index contributed by atoms with van der Waals surface area (Å²) in [6, 6.07) is 15.1. The van der Waals surface area contributed by atoms with E-state index in [1.165, 1.54) is 0 Å². The lowest BCUT2D eigenvalue weighted by atomic mass is 9.95. The number of nitrogens with zero attached hydrogens (tertiary/aromatic N) is 1. The van der Waals surface area contributed by atoms with Crippen molar-refractivity contribution in [1.29, 1.82) is 0 Å². The van der Waals surface area contributed by atoms with Crippen LogP contribution in [0.15, 0.2) is 54.7 Å². The van der Waals surface area contributed by atoms with Crippen LogP contribution >= 0.6 is 0 Å². The summed E-state index contributed by atoms with van der Waals surface area (Å²) >= 11 is 0. The zero-order chi connectivity index (χ0) is 14.1. The number of rotatable bonds is 2. The lowest BCUT2D eigenvalue weighted by Crippen LogP contribution is -1.97. The van der Waals surface area contributed by atoms with Crippen LogP contribution in [0, 0.1) is 6.92 Å². The smallest absolute Gasteiger partial charge is 0.335 e. The van der Waals surface area contributed by atoms with E-state index in [1.54, 1.807) is 18.3 Å². The van der Waals surface area contributed by atoms with E-state index in [2.05, 4.69) is 4.98 Å². The van der Waals surface area contributed by atoms with Gasteiger partial charge in [-0.3, -0.25) is 4.98 Å². The number of aromatic carboxylic acids is 1. The Bertz CT molecular complexity index is 804. The molecule has 0 fully saturated rings. The lowest BCUT2D eigenvalue weighted by molar-refractivity contribution is 0.0697. The maximum Gasteiger partial charge on any atom is 0.335 e. The summed E-state index contributed by atoms with van der Waals surface area (Å²) in [5.74, 6) is -0.903. The van der Waals surface area contributed by atoms with E-state index in [-0.39, 0.29) is 0 Å².